The number of methoxy groups -OCH3 is 1. The molecular formula is C6H10O3. The van der Waals surface area contributed by atoms with E-state index in [4.69, 9.17) is 0 Å². The number of hydrogen-bond donors (Lipinski definition) is 0. The van der Waals surface area contributed by atoms with E-state index in [1.165, 1.54) is 14.0 Å². The van der Waals surface area contributed by atoms with Crippen molar-refractivity contribution >= 4 is 12.1 Å². The Labute approximate surface area is 54.0 Å². The molecule has 0 amide bonds. The zero-order chi connectivity index (χ0) is 7.28. The molecule has 3 nitrogen and oxygen atoms in total. The van der Waals surface area contributed by atoms with Gasteiger partial charge in [0, 0.05) is 13.5 Å². The maximum atomic E-state index is 10.5. The van der Waals surface area contributed by atoms with Gasteiger partial charge in [-0.15, -0.1) is 0 Å². The van der Waals surface area contributed by atoms with Crippen molar-refractivity contribution in [3.8, 4) is 0 Å². The quantitative estimate of drug-likeness (QED) is 0.510. The lowest BCUT2D eigenvalue weighted by Crippen LogP contribution is -2.20. The van der Waals surface area contributed by atoms with Gasteiger partial charge >= 0.3 is 0 Å². The molecule has 1 atom stereocenters. The molecule has 0 aromatic carbocycles. The molecule has 0 fully saturated rings. The van der Waals surface area contributed by atoms with Gasteiger partial charge in [0.15, 0.2) is 5.78 Å². The molecule has 0 aliphatic rings. The van der Waals surface area contributed by atoms with E-state index < -0.39 is 6.10 Å². The molecule has 0 N–H and O–H groups in total. The first kappa shape index (κ1) is 8.30. The summed E-state index contributed by atoms with van der Waals surface area (Å²) in [7, 11) is 1.41. The number of Topliss-reactive ketones (excluding diaryl/α,β-unsaturated/α-hetero) is 1. The Hall–Kier alpha value is -0.700. The van der Waals surface area contributed by atoms with Crippen LogP contribution < -0.4 is 0 Å². The summed E-state index contributed by atoms with van der Waals surface area (Å²) in [5.74, 6) is -0.107. The van der Waals surface area contributed by atoms with Crippen LogP contribution in [0.15, 0.2) is 0 Å². The first-order valence-electron chi connectivity index (χ1n) is 2.69. The van der Waals surface area contributed by atoms with Crippen LogP contribution in [0.5, 0.6) is 0 Å². The number of carbonyl (C=O) groups excluding carboxylic acids is 2. The SMILES string of the molecule is COC(CC=O)C(C)=O. The van der Waals surface area contributed by atoms with Crippen LogP contribution >= 0.6 is 0 Å². The van der Waals surface area contributed by atoms with Gasteiger partial charge in [-0.3, -0.25) is 4.79 Å². The third kappa shape index (κ3) is 2.98. The molecule has 0 saturated heterocycles. The molecule has 0 aliphatic carbocycles. The number of ether oxygens (including phenoxy) is 1. The van der Waals surface area contributed by atoms with Crippen molar-refractivity contribution in [3.05, 3.63) is 0 Å². The van der Waals surface area contributed by atoms with Crippen LogP contribution in [0.2, 0.25) is 0 Å². The van der Waals surface area contributed by atoms with Crippen LogP contribution in [0.1, 0.15) is 13.3 Å². The summed E-state index contributed by atoms with van der Waals surface area (Å²) in [6, 6.07) is 0. The van der Waals surface area contributed by atoms with E-state index in [0.29, 0.717) is 6.29 Å². The smallest absolute Gasteiger partial charge is 0.158 e. The van der Waals surface area contributed by atoms with Crippen LogP contribution in [0.25, 0.3) is 0 Å². The third-order valence-corrected chi connectivity index (χ3v) is 1.05. The van der Waals surface area contributed by atoms with Crippen molar-refractivity contribution in [1.82, 2.24) is 0 Å². The van der Waals surface area contributed by atoms with Gasteiger partial charge in [-0.1, -0.05) is 0 Å². The van der Waals surface area contributed by atoms with Gasteiger partial charge in [0.1, 0.15) is 12.4 Å². The minimum Gasteiger partial charge on any atom is -0.373 e. The fraction of sp³-hybridized carbons (Fsp3) is 0.667. The average Bonchev–Trinajstić information content (AvgIpc) is 1.82. The molecule has 0 aliphatic heterocycles. The fourth-order valence-corrected chi connectivity index (χ4v) is 0.516. The summed E-state index contributed by atoms with van der Waals surface area (Å²) < 4.78 is 4.67. The normalized spacial score (nSPS) is 12.7. The Morgan fingerprint density at radius 2 is 2.33 bits per heavy atom. The number of aldehydes is 1. The topological polar surface area (TPSA) is 43.4 Å². The van der Waals surface area contributed by atoms with Crippen LogP contribution in [0, 0.1) is 0 Å². The van der Waals surface area contributed by atoms with Crippen molar-refractivity contribution < 1.29 is 14.3 Å². The average molecular weight is 130 g/mol. The van der Waals surface area contributed by atoms with Crippen molar-refractivity contribution in [1.29, 1.82) is 0 Å². The molecule has 1 unspecified atom stereocenters. The lowest BCUT2D eigenvalue weighted by atomic mass is 10.2. The summed E-state index contributed by atoms with van der Waals surface area (Å²) >= 11 is 0. The maximum absolute atomic E-state index is 10.5. The monoisotopic (exact) mass is 130 g/mol. The molecule has 0 bridgehead atoms. The van der Waals surface area contributed by atoms with E-state index in [-0.39, 0.29) is 12.2 Å². The lowest BCUT2D eigenvalue weighted by Gasteiger charge is -2.05. The zero-order valence-electron chi connectivity index (χ0n) is 5.59. The van der Waals surface area contributed by atoms with Gasteiger partial charge < -0.3 is 9.53 Å². The van der Waals surface area contributed by atoms with Gasteiger partial charge in [0.2, 0.25) is 0 Å². The first-order valence-corrected chi connectivity index (χ1v) is 2.69. The van der Waals surface area contributed by atoms with Gasteiger partial charge in [-0.25, -0.2) is 0 Å². The highest BCUT2D eigenvalue weighted by atomic mass is 16.5. The molecule has 0 radical (unpaired) electrons. The minimum absolute atomic E-state index is 0.107. The Morgan fingerprint density at radius 1 is 1.78 bits per heavy atom. The highest BCUT2D eigenvalue weighted by molar-refractivity contribution is 5.82. The molecule has 0 rings (SSSR count). The predicted molar refractivity (Wildman–Crippen MR) is 32.2 cm³/mol. The summed E-state index contributed by atoms with van der Waals surface area (Å²) in [6.07, 6.45) is 0.295. The number of ketones is 1. The Kier molecular flexibility index (Phi) is 3.88. The van der Waals surface area contributed by atoms with Crippen molar-refractivity contribution in [2.24, 2.45) is 0 Å². The fourth-order valence-electron chi connectivity index (χ4n) is 0.516. The van der Waals surface area contributed by atoms with Crippen molar-refractivity contribution in [2.45, 2.75) is 19.4 Å². The second-order valence-corrected chi connectivity index (χ2v) is 1.74. The summed E-state index contributed by atoms with van der Waals surface area (Å²) in [4.78, 5) is 20.3. The lowest BCUT2D eigenvalue weighted by molar-refractivity contribution is -0.129. The summed E-state index contributed by atoms with van der Waals surface area (Å²) in [5, 5.41) is 0. The Morgan fingerprint density at radius 3 is 2.44 bits per heavy atom. The standard InChI is InChI=1S/C6H10O3/c1-5(8)6(9-2)3-4-7/h4,6H,3H2,1-2H3. The van der Waals surface area contributed by atoms with Gasteiger partial charge in [-0.2, -0.15) is 0 Å². The first-order chi connectivity index (χ1) is 4.22. The van der Waals surface area contributed by atoms with Gasteiger partial charge in [0.05, 0.1) is 0 Å². The van der Waals surface area contributed by atoms with Crippen LogP contribution in [-0.4, -0.2) is 25.3 Å². The maximum Gasteiger partial charge on any atom is 0.158 e. The van der Waals surface area contributed by atoms with E-state index in [2.05, 4.69) is 4.74 Å². The third-order valence-electron chi connectivity index (χ3n) is 1.05. The van der Waals surface area contributed by atoms with E-state index in [0.717, 1.165) is 0 Å². The van der Waals surface area contributed by atoms with Gasteiger partial charge in [-0.05, 0) is 6.92 Å². The van der Waals surface area contributed by atoms with Crippen molar-refractivity contribution in [2.75, 3.05) is 7.11 Å². The van der Waals surface area contributed by atoms with Crippen molar-refractivity contribution in [3.63, 3.8) is 0 Å². The molecule has 0 aromatic heterocycles. The van der Waals surface area contributed by atoms with E-state index in [1.54, 1.807) is 0 Å². The number of rotatable bonds is 4. The molecule has 0 aromatic rings. The Bertz CT molecular complexity index is 109. The van der Waals surface area contributed by atoms with E-state index in [9.17, 15) is 9.59 Å². The highest BCUT2D eigenvalue weighted by Crippen LogP contribution is 1.94. The number of hydrogen-bond acceptors (Lipinski definition) is 3. The van der Waals surface area contributed by atoms with E-state index in [1.807, 2.05) is 0 Å². The van der Waals surface area contributed by atoms with Crippen LogP contribution in [-0.2, 0) is 14.3 Å². The molecule has 0 saturated carbocycles. The second-order valence-electron chi connectivity index (χ2n) is 1.74. The molecule has 9 heavy (non-hydrogen) atoms. The van der Waals surface area contributed by atoms with Crippen LogP contribution in [0.3, 0.4) is 0 Å². The molecular weight excluding hydrogens is 120 g/mol. The highest BCUT2D eigenvalue weighted by Gasteiger charge is 2.10. The summed E-state index contributed by atoms with van der Waals surface area (Å²) in [6.45, 7) is 1.40. The molecule has 0 heterocycles. The van der Waals surface area contributed by atoms with Crippen LogP contribution in [0.4, 0.5) is 0 Å². The predicted octanol–water partition coefficient (Wildman–Crippen LogP) is 0.179. The van der Waals surface area contributed by atoms with E-state index >= 15 is 0 Å². The molecule has 52 valence electrons. The zero-order valence-corrected chi connectivity index (χ0v) is 5.59. The molecule has 0 spiro atoms. The van der Waals surface area contributed by atoms with Gasteiger partial charge in [0.25, 0.3) is 0 Å². The largest absolute Gasteiger partial charge is 0.373 e. The second kappa shape index (κ2) is 4.21. The minimum atomic E-state index is -0.539. The molecule has 3 heteroatoms. The Balaban J connectivity index is 3.67. The summed E-state index contributed by atoms with van der Waals surface area (Å²) in [5.41, 5.74) is 0. The number of carbonyl (C=O) groups is 2.